The number of ether oxygens (including phenoxy) is 1. The van der Waals surface area contributed by atoms with Gasteiger partial charge in [0.15, 0.2) is 0 Å². The van der Waals surface area contributed by atoms with Crippen LogP contribution >= 0.6 is 11.3 Å². The van der Waals surface area contributed by atoms with E-state index >= 15 is 0 Å². The molecule has 0 aliphatic carbocycles. The van der Waals surface area contributed by atoms with E-state index in [4.69, 9.17) is 4.74 Å². The van der Waals surface area contributed by atoms with Gasteiger partial charge in [0.25, 0.3) is 0 Å². The summed E-state index contributed by atoms with van der Waals surface area (Å²) in [4.78, 5) is 9.05. The number of thiophene rings is 1. The van der Waals surface area contributed by atoms with Crippen molar-refractivity contribution in [2.24, 2.45) is 0 Å². The first-order valence-electron chi connectivity index (χ1n) is 7.83. The molecule has 3 aromatic rings. The monoisotopic (exact) mass is 333 g/mol. The lowest BCUT2D eigenvalue weighted by atomic mass is 10.0. The summed E-state index contributed by atoms with van der Waals surface area (Å²) >= 11 is 1.64. The molecule has 1 aliphatic rings. The van der Waals surface area contributed by atoms with Crippen LogP contribution in [0.3, 0.4) is 0 Å². The number of hydrogen-bond acceptors (Lipinski definition) is 6. The topological polar surface area (TPSA) is 80.4 Å². The van der Waals surface area contributed by atoms with Gasteiger partial charge in [-0.05, 0) is 31.2 Å². The summed E-state index contributed by atoms with van der Waals surface area (Å²) in [7, 11) is 0. The molecular weight excluding hydrogens is 314 g/mol. The van der Waals surface area contributed by atoms with Crippen molar-refractivity contribution in [3.63, 3.8) is 0 Å². The molecule has 1 aliphatic heterocycles. The molecule has 4 heterocycles. The highest BCUT2D eigenvalue weighted by molar-refractivity contribution is 7.18. The van der Waals surface area contributed by atoms with E-state index < -0.39 is 6.10 Å². The van der Waals surface area contributed by atoms with Gasteiger partial charge < -0.3 is 19.5 Å². The van der Waals surface area contributed by atoms with E-state index in [9.17, 15) is 10.2 Å². The van der Waals surface area contributed by atoms with Crippen LogP contribution in [-0.4, -0.2) is 44.1 Å². The first kappa shape index (κ1) is 15.0. The molecule has 2 N–H and O–H groups in total. The van der Waals surface area contributed by atoms with E-state index in [1.54, 1.807) is 24.5 Å². The smallest absolute Gasteiger partial charge is 0.139 e. The second-order valence-electron chi connectivity index (χ2n) is 6.01. The molecule has 0 amide bonds. The Morgan fingerprint density at radius 1 is 1.43 bits per heavy atom. The summed E-state index contributed by atoms with van der Waals surface area (Å²) in [5.41, 5.74) is 2.78. The fourth-order valence-electron chi connectivity index (χ4n) is 3.30. The number of aliphatic hydroxyl groups is 2. The third-order valence-corrected chi connectivity index (χ3v) is 5.35. The van der Waals surface area contributed by atoms with Crippen LogP contribution in [0.15, 0.2) is 17.6 Å². The number of fused-ring (bicyclic) bond motifs is 3. The van der Waals surface area contributed by atoms with Gasteiger partial charge in [0.1, 0.15) is 17.4 Å². The lowest BCUT2D eigenvalue weighted by Gasteiger charge is -2.30. The fourth-order valence-corrected chi connectivity index (χ4v) is 4.19. The van der Waals surface area contributed by atoms with Crippen molar-refractivity contribution >= 4 is 32.6 Å². The number of imidazole rings is 1. The average molecular weight is 333 g/mol. The van der Waals surface area contributed by atoms with Crippen LogP contribution in [0.25, 0.3) is 21.3 Å². The lowest BCUT2D eigenvalue weighted by molar-refractivity contribution is -0.0395. The van der Waals surface area contributed by atoms with Crippen LogP contribution in [0.2, 0.25) is 0 Å². The number of nitrogens with zero attached hydrogens (tertiary/aromatic N) is 3. The molecule has 0 radical (unpaired) electrons. The molecule has 1 saturated heterocycles. The molecule has 4 rings (SSSR count). The maximum atomic E-state index is 10.2. The second-order valence-corrected chi connectivity index (χ2v) is 6.93. The van der Waals surface area contributed by atoms with Crippen molar-refractivity contribution in [3.8, 4) is 0 Å². The van der Waals surface area contributed by atoms with Gasteiger partial charge in [0, 0.05) is 0 Å². The maximum Gasteiger partial charge on any atom is 0.139 e. The van der Waals surface area contributed by atoms with Crippen molar-refractivity contribution in [3.05, 3.63) is 23.5 Å². The number of rotatable bonds is 3. The minimum absolute atomic E-state index is 0.0553. The molecule has 0 bridgehead atoms. The molecular formula is C16H19N3O3S. The minimum Gasteiger partial charge on any atom is -0.394 e. The Bertz CT molecular complexity index is 834. The Morgan fingerprint density at radius 2 is 2.30 bits per heavy atom. The SMILES string of the molecule is CC(O)c1nc2cnc3ccsc3c2n1[C@H]1CCC(CO)OC1. The van der Waals surface area contributed by atoms with Crippen LogP contribution in [-0.2, 0) is 4.74 Å². The first-order chi connectivity index (χ1) is 11.2. The summed E-state index contributed by atoms with van der Waals surface area (Å²) in [6.07, 6.45) is 2.73. The van der Waals surface area contributed by atoms with Gasteiger partial charge in [0.2, 0.25) is 0 Å². The maximum absolute atomic E-state index is 10.2. The molecule has 6 nitrogen and oxygen atoms in total. The van der Waals surface area contributed by atoms with E-state index in [2.05, 4.69) is 14.5 Å². The summed E-state index contributed by atoms with van der Waals surface area (Å²) in [6.45, 7) is 2.31. The highest BCUT2D eigenvalue weighted by Gasteiger charge is 2.28. The number of aromatic nitrogens is 3. The van der Waals surface area contributed by atoms with Gasteiger partial charge in [-0.3, -0.25) is 4.98 Å². The highest BCUT2D eigenvalue weighted by Crippen LogP contribution is 2.35. The van der Waals surface area contributed by atoms with Crippen LogP contribution in [0.1, 0.15) is 37.7 Å². The summed E-state index contributed by atoms with van der Waals surface area (Å²) in [5.74, 6) is 0.652. The molecule has 1 fully saturated rings. The number of hydrogen-bond donors (Lipinski definition) is 2. The Labute approximate surface area is 137 Å². The molecule has 3 aromatic heterocycles. The molecule has 0 spiro atoms. The lowest BCUT2D eigenvalue weighted by Crippen LogP contribution is -2.31. The molecule has 3 atom stereocenters. The summed E-state index contributed by atoms with van der Waals surface area (Å²) < 4.78 is 8.96. The Balaban J connectivity index is 1.88. The molecule has 0 aromatic carbocycles. The van der Waals surface area contributed by atoms with E-state index in [1.807, 2.05) is 11.4 Å². The number of pyridine rings is 1. The van der Waals surface area contributed by atoms with Crippen LogP contribution < -0.4 is 0 Å². The summed E-state index contributed by atoms with van der Waals surface area (Å²) in [6, 6.07) is 2.11. The average Bonchev–Trinajstić information content (AvgIpc) is 3.18. The Hall–Kier alpha value is -1.54. The Kier molecular flexibility index (Phi) is 3.81. The van der Waals surface area contributed by atoms with E-state index in [0.29, 0.717) is 12.4 Å². The molecule has 122 valence electrons. The standard InChI is InChI=1S/C16H19N3O3S/c1-9(21)16-18-13-6-17-12-4-5-23-15(12)14(13)19(16)10-2-3-11(7-20)22-8-10/h4-6,9-11,20-21H,2-3,7-8H2,1H3/t9?,10-,11?/m0/s1. The number of aliphatic hydroxyl groups excluding tert-OH is 2. The summed E-state index contributed by atoms with van der Waals surface area (Å²) in [5, 5.41) is 21.4. The zero-order valence-electron chi connectivity index (χ0n) is 12.8. The zero-order valence-corrected chi connectivity index (χ0v) is 13.7. The molecule has 2 unspecified atom stereocenters. The van der Waals surface area contributed by atoms with Crippen LogP contribution in [0.5, 0.6) is 0 Å². The normalized spacial score (nSPS) is 23.6. The fraction of sp³-hybridized carbons (Fsp3) is 0.500. The van der Waals surface area contributed by atoms with Gasteiger partial charge in [-0.25, -0.2) is 4.98 Å². The van der Waals surface area contributed by atoms with Crippen LogP contribution in [0, 0.1) is 0 Å². The quantitative estimate of drug-likeness (QED) is 0.769. The third-order valence-electron chi connectivity index (χ3n) is 4.44. The van der Waals surface area contributed by atoms with Crippen molar-refractivity contribution < 1.29 is 14.9 Å². The van der Waals surface area contributed by atoms with Gasteiger partial charge in [-0.2, -0.15) is 0 Å². The molecule has 23 heavy (non-hydrogen) atoms. The Morgan fingerprint density at radius 3 is 3.00 bits per heavy atom. The van der Waals surface area contributed by atoms with E-state index in [-0.39, 0.29) is 18.8 Å². The van der Waals surface area contributed by atoms with Crippen molar-refractivity contribution in [2.45, 2.75) is 38.0 Å². The van der Waals surface area contributed by atoms with Gasteiger partial charge in [-0.1, -0.05) is 0 Å². The minimum atomic E-state index is -0.659. The zero-order chi connectivity index (χ0) is 16.0. The highest BCUT2D eigenvalue weighted by atomic mass is 32.1. The van der Waals surface area contributed by atoms with Gasteiger partial charge in [0.05, 0.1) is 47.3 Å². The van der Waals surface area contributed by atoms with Crippen LogP contribution in [0.4, 0.5) is 0 Å². The van der Waals surface area contributed by atoms with Gasteiger partial charge >= 0.3 is 0 Å². The predicted octanol–water partition coefficient (Wildman–Crippen LogP) is 2.41. The third kappa shape index (κ3) is 2.44. The predicted molar refractivity (Wildman–Crippen MR) is 88.6 cm³/mol. The van der Waals surface area contributed by atoms with Crippen molar-refractivity contribution in [1.82, 2.24) is 14.5 Å². The van der Waals surface area contributed by atoms with Crippen molar-refractivity contribution in [2.75, 3.05) is 13.2 Å². The van der Waals surface area contributed by atoms with Crippen molar-refractivity contribution in [1.29, 1.82) is 0 Å². The van der Waals surface area contributed by atoms with Gasteiger partial charge in [-0.15, -0.1) is 11.3 Å². The van der Waals surface area contributed by atoms with E-state index in [1.165, 1.54) is 0 Å². The molecule has 7 heteroatoms. The largest absolute Gasteiger partial charge is 0.394 e. The molecule has 0 saturated carbocycles. The second kappa shape index (κ2) is 5.83. The first-order valence-corrected chi connectivity index (χ1v) is 8.71. The van der Waals surface area contributed by atoms with E-state index in [0.717, 1.165) is 34.1 Å².